The van der Waals surface area contributed by atoms with Crippen LogP contribution in [0.15, 0.2) is 38.6 Å². The molecule has 5 rings (SSSR count). The van der Waals surface area contributed by atoms with Gasteiger partial charge in [0.25, 0.3) is 11.8 Å². The second-order valence-electron chi connectivity index (χ2n) is 7.90. The summed E-state index contributed by atoms with van der Waals surface area (Å²) in [5, 5.41) is 16.2. The number of carbonyl (C=O) groups excluding carboxylic acids is 2. The summed E-state index contributed by atoms with van der Waals surface area (Å²) in [6.07, 6.45) is 4.03. The van der Waals surface area contributed by atoms with Crippen molar-refractivity contribution in [3.05, 3.63) is 39.1 Å². The Labute approximate surface area is 230 Å². The average Bonchev–Trinajstić information content (AvgIpc) is 3.45. The Hall–Kier alpha value is -3.34. The van der Waals surface area contributed by atoms with Gasteiger partial charge in [-0.05, 0) is 18.9 Å². The Bertz CT molecular complexity index is 1480. The lowest BCUT2D eigenvalue weighted by molar-refractivity contribution is -0.155. The molecule has 2 aliphatic heterocycles. The number of pyridine rings is 1. The molecule has 38 heavy (non-hydrogen) atoms. The second kappa shape index (κ2) is 10.8. The zero-order chi connectivity index (χ0) is 27.0. The molecule has 4 N–H and O–H groups in total. The third-order valence-electron chi connectivity index (χ3n) is 5.63. The standard InChI is InChI=1S/C21H17ClFN7O5S3/c22-16-13(28-20(24)38-16)14(29-35-6-4-23)17(31)27-12-9-1-2-11(15(19(33)34)30(9)18(12)32)37-21-26-8-7-25-5-3-10(8)36-21/h3,5,7,9,12H,1-2,4,6H2,(H2,24,28)(H,27,31)(H,33,34)/b29-14-/t9?,12-/m0/s1. The van der Waals surface area contributed by atoms with Gasteiger partial charge < -0.3 is 21.0 Å². The highest BCUT2D eigenvalue weighted by atomic mass is 35.5. The molecular formula is C21H17ClFN7O5S3. The number of rotatable bonds is 9. The first-order valence-corrected chi connectivity index (χ1v) is 13.8. The summed E-state index contributed by atoms with van der Waals surface area (Å²) >= 11 is 9.61. The van der Waals surface area contributed by atoms with Gasteiger partial charge in [0.2, 0.25) is 0 Å². The third kappa shape index (κ3) is 4.91. The number of alkyl halides is 1. The predicted octanol–water partition coefficient (Wildman–Crippen LogP) is 2.65. The Balaban J connectivity index is 1.36. The normalized spacial score (nSPS) is 19.4. The molecule has 3 aromatic heterocycles. The molecule has 2 amide bonds. The van der Waals surface area contributed by atoms with Gasteiger partial charge in [-0.3, -0.25) is 19.5 Å². The maximum absolute atomic E-state index is 13.1. The van der Waals surface area contributed by atoms with Crippen LogP contribution in [0.2, 0.25) is 4.34 Å². The number of anilines is 1. The molecule has 2 aliphatic rings. The van der Waals surface area contributed by atoms with Gasteiger partial charge in [0.15, 0.2) is 15.2 Å². The molecule has 1 saturated heterocycles. The highest BCUT2D eigenvalue weighted by Gasteiger charge is 2.54. The number of oxime groups is 1. The van der Waals surface area contributed by atoms with Crippen LogP contribution in [-0.2, 0) is 19.2 Å². The van der Waals surface area contributed by atoms with Crippen molar-refractivity contribution in [2.75, 3.05) is 19.0 Å². The zero-order valence-corrected chi connectivity index (χ0v) is 22.3. The van der Waals surface area contributed by atoms with Crippen LogP contribution in [0.5, 0.6) is 0 Å². The summed E-state index contributed by atoms with van der Waals surface area (Å²) in [6.45, 7) is -1.26. The lowest BCUT2D eigenvalue weighted by Crippen LogP contribution is -2.72. The fourth-order valence-corrected chi connectivity index (χ4v) is 7.23. The number of β-lactam (4-membered cyclic amide) rings is 1. The number of aromatic nitrogens is 3. The van der Waals surface area contributed by atoms with Gasteiger partial charge >= 0.3 is 5.97 Å². The van der Waals surface area contributed by atoms with Gasteiger partial charge in [0.1, 0.15) is 40.6 Å². The number of hydrogen-bond acceptors (Lipinski definition) is 12. The maximum Gasteiger partial charge on any atom is 0.353 e. The minimum absolute atomic E-state index is 0.0582. The van der Waals surface area contributed by atoms with Crippen molar-refractivity contribution in [2.24, 2.45) is 5.16 Å². The Morgan fingerprint density at radius 1 is 1.39 bits per heavy atom. The first-order valence-electron chi connectivity index (χ1n) is 10.9. The van der Waals surface area contributed by atoms with Crippen LogP contribution in [0.1, 0.15) is 18.5 Å². The number of thioether (sulfide) groups is 1. The van der Waals surface area contributed by atoms with E-state index >= 15 is 0 Å². The molecule has 0 saturated carbocycles. The number of carboxylic acid groups (broad SMARTS) is 1. The Kier molecular flexibility index (Phi) is 7.47. The van der Waals surface area contributed by atoms with Gasteiger partial charge in [-0.25, -0.2) is 19.2 Å². The van der Waals surface area contributed by atoms with Crippen LogP contribution < -0.4 is 11.1 Å². The van der Waals surface area contributed by atoms with Crippen molar-refractivity contribution >= 4 is 84.9 Å². The second-order valence-corrected chi connectivity index (χ2v) is 11.9. The number of nitrogens with zero attached hydrogens (tertiary/aromatic N) is 5. The molecule has 12 nitrogen and oxygen atoms in total. The number of nitrogen functional groups attached to an aromatic ring is 1. The number of fused-ring (bicyclic) bond motifs is 2. The van der Waals surface area contributed by atoms with Crippen molar-refractivity contribution in [2.45, 2.75) is 29.3 Å². The smallest absolute Gasteiger partial charge is 0.353 e. The summed E-state index contributed by atoms with van der Waals surface area (Å²) in [6, 6.07) is 0.212. The molecule has 0 spiro atoms. The van der Waals surface area contributed by atoms with Gasteiger partial charge in [0, 0.05) is 11.1 Å². The Morgan fingerprint density at radius 2 is 2.21 bits per heavy atom. The van der Waals surface area contributed by atoms with Gasteiger partial charge in [-0.1, -0.05) is 39.9 Å². The molecule has 1 unspecified atom stereocenters. The molecule has 0 aromatic carbocycles. The van der Waals surface area contributed by atoms with Crippen molar-refractivity contribution in [3.8, 4) is 0 Å². The number of nitrogens with one attached hydrogen (secondary N) is 1. The number of nitrogens with two attached hydrogens (primary N) is 1. The van der Waals surface area contributed by atoms with E-state index < -0.39 is 43.1 Å². The molecule has 1 fully saturated rings. The lowest BCUT2D eigenvalue weighted by atomic mass is 9.86. The summed E-state index contributed by atoms with van der Waals surface area (Å²) < 4.78 is 14.1. The molecule has 0 bridgehead atoms. The van der Waals surface area contributed by atoms with E-state index in [4.69, 9.17) is 22.2 Å². The number of carbonyl (C=O) groups is 3. The first-order chi connectivity index (χ1) is 18.3. The molecule has 5 heterocycles. The highest BCUT2D eigenvalue weighted by Crippen LogP contribution is 2.44. The number of hydrogen-bond donors (Lipinski definition) is 3. The topological polar surface area (TPSA) is 173 Å². The van der Waals surface area contributed by atoms with Crippen molar-refractivity contribution in [3.63, 3.8) is 0 Å². The number of allylic oxidation sites excluding steroid dienone is 1. The fourth-order valence-electron chi connectivity index (χ4n) is 4.05. The predicted molar refractivity (Wildman–Crippen MR) is 140 cm³/mol. The average molecular weight is 598 g/mol. The maximum atomic E-state index is 13.1. The van der Waals surface area contributed by atoms with E-state index in [0.29, 0.717) is 27.6 Å². The number of carboxylic acids is 1. The van der Waals surface area contributed by atoms with Crippen LogP contribution in [0.25, 0.3) is 10.2 Å². The van der Waals surface area contributed by atoms with Crippen molar-refractivity contribution < 1.29 is 28.7 Å². The van der Waals surface area contributed by atoms with E-state index in [-0.39, 0.29) is 26.6 Å². The molecule has 198 valence electrons. The molecule has 3 aromatic rings. The van der Waals surface area contributed by atoms with Crippen LogP contribution in [0, 0.1) is 0 Å². The van der Waals surface area contributed by atoms with Crippen LogP contribution in [0.4, 0.5) is 9.52 Å². The van der Waals surface area contributed by atoms with E-state index in [2.05, 4.69) is 25.4 Å². The van der Waals surface area contributed by atoms with Crippen molar-refractivity contribution in [1.29, 1.82) is 0 Å². The van der Waals surface area contributed by atoms with E-state index in [0.717, 1.165) is 16.0 Å². The van der Waals surface area contributed by atoms with E-state index in [1.54, 1.807) is 12.4 Å². The lowest BCUT2D eigenvalue weighted by Gasteiger charge is -2.50. The number of halogens is 2. The summed E-state index contributed by atoms with van der Waals surface area (Å²) in [5.41, 5.74) is 5.76. The number of thiazole rings is 2. The zero-order valence-electron chi connectivity index (χ0n) is 19.1. The van der Waals surface area contributed by atoms with Gasteiger partial charge in [-0.2, -0.15) is 0 Å². The molecule has 0 radical (unpaired) electrons. The highest BCUT2D eigenvalue weighted by molar-refractivity contribution is 8.04. The van der Waals surface area contributed by atoms with E-state index in [1.807, 2.05) is 6.07 Å². The van der Waals surface area contributed by atoms with Crippen LogP contribution >= 0.6 is 46.0 Å². The van der Waals surface area contributed by atoms with Gasteiger partial charge in [0.05, 0.1) is 16.9 Å². The van der Waals surface area contributed by atoms with E-state index in [1.165, 1.54) is 28.0 Å². The summed E-state index contributed by atoms with van der Waals surface area (Å²) in [4.78, 5) is 57.3. The summed E-state index contributed by atoms with van der Waals surface area (Å²) in [5.74, 6) is -2.71. The van der Waals surface area contributed by atoms with E-state index in [9.17, 15) is 23.9 Å². The SMILES string of the molecule is Nc1nc(/C(=N/OCCF)C(=O)N[C@@H]2C(=O)N3C(C(=O)O)=C(Sc4nc5cnccc5s4)CCC23)c(Cl)s1. The Morgan fingerprint density at radius 3 is 2.89 bits per heavy atom. The molecule has 17 heteroatoms. The van der Waals surface area contributed by atoms with Crippen LogP contribution in [0.3, 0.4) is 0 Å². The summed E-state index contributed by atoms with van der Waals surface area (Å²) in [7, 11) is 0. The van der Waals surface area contributed by atoms with Crippen molar-refractivity contribution in [1.82, 2.24) is 25.2 Å². The first kappa shape index (κ1) is 26.3. The monoisotopic (exact) mass is 597 g/mol. The largest absolute Gasteiger partial charge is 0.477 e. The minimum atomic E-state index is -1.26. The fraction of sp³-hybridized carbons (Fsp3) is 0.286. The quantitative estimate of drug-likeness (QED) is 0.144. The minimum Gasteiger partial charge on any atom is -0.477 e. The number of aliphatic carboxylic acids is 1. The van der Waals surface area contributed by atoms with Gasteiger partial charge in [-0.15, -0.1) is 11.3 Å². The molecule has 2 atom stereocenters. The molecular weight excluding hydrogens is 581 g/mol. The third-order valence-corrected chi connectivity index (χ3v) is 8.95. The number of amides is 2. The molecule has 0 aliphatic carbocycles. The van der Waals surface area contributed by atoms with Crippen LogP contribution in [-0.4, -0.2) is 73.8 Å².